The van der Waals surface area contributed by atoms with E-state index in [-0.39, 0.29) is 17.2 Å². The number of carbonyl (C=O) groups excluding carboxylic acids is 1. The normalized spacial score (nSPS) is 27.5. The third-order valence-corrected chi connectivity index (χ3v) is 5.85. The van der Waals surface area contributed by atoms with Crippen LogP contribution in [0.15, 0.2) is 10.2 Å². The molecular formula is C18H25N3O2. The highest BCUT2D eigenvalue weighted by Gasteiger charge is 2.57. The van der Waals surface area contributed by atoms with Gasteiger partial charge in [0.05, 0.1) is 18.8 Å². The van der Waals surface area contributed by atoms with E-state index in [4.69, 9.17) is 11.2 Å². The molecule has 2 saturated carbocycles. The van der Waals surface area contributed by atoms with Crippen molar-refractivity contribution in [3.05, 3.63) is 0 Å². The lowest BCUT2D eigenvalue weighted by Crippen LogP contribution is -2.56. The molecule has 0 radical (unpaired) electrons. The van der Waals surface area contributed by atoms with Gasteiger partial charge in [-0.05, 0) is 37.5 Å². The van der Waals surface area contributed by atoms with E-state index in [1.807, 2.05) is 4.90 Å². The summed E-state index contributed by atoms with van der Waals surface area (Å²) >= 11 is 0. The Bertz CT molecular complexity index is 539. The topological polar surface area (TPSA) is 54.3 Å². The van der Waals surface area contributed by atoms with Crippen LogP contribution in [0.2, 0.25) is 0 Å². The fourth-order valence-corrected chi connectivity index (χ4v) is 4.09. The predicted octanol–water partition coefficient (Wildman–Crippen LogP) is 2.76. The first-order valence-corrected chi connectivity index (χ1v) is 8.97. The summed E-state index contributed by atoms with van der Waals surface area (Å²) in [5.74, 6) is 4.23. The molecule has 4 rings (SSSR count). The van der Waals surface area contributed by atoms with Gasteiger partial charge < -0.3 is 9.64 Å². The summed E-state index contributed by atoms with van der Waals surface area (Å²) in [4.78, 5) is 14.7. The molecule has 0 spiro atoms. The van der Waals surface area contributed by atoms with Gasteiger partial charge in [0.15, 0.2) is 5.66 Å². The molecule has 5 nitrogen and oxygen atoms in total. The second-order valence-corrected chi connectivity index (χ2v) is 7.55. The lowest BCUT2D eigenvalue weighted by atomic mass is 9.89. The van der Waals surface area contributed by atoms with Gasteiger partial charge in [0, 0.05) is 32.2 Å². The fourth-order valence-electron chi connectivity index (χ4n) is 4.09. The largest absolute Gasteiger partial charge is 0.371 e. The first-order valence-electron chi connectivity index (χ1n) is 8.97. The molecule has 3 fully saturated rings. The summed E-state index contributed by atoms with van der Waals surface area (Å²) < 4.78 is 6.25. The van der Waals surface area contributed by atoms with Crippen LogP contribution in [0.1, 0.15) is 51.4 Å². The van der Waals surface area contributed by atoms with Crippen LogP contribution in [0, 0.1) is 24.2 Å². The number of hydrogen-bond acceptors (Lipinski definition) is 4. The Labute approximate surface area is 137 Å². The minimum atomic E-state index is -0.349. The molecule has 1 saturated heterocycles. The van der Waals surface area contributed by atoms with Crippen molar-refractivity contribution < 1.29 is 9.53 Å². The van der Waals surface area contributed by atoms with Crippen molar-refractivity contribution >= 4 is 5.91 Å². The smallest absolute Gasteiger partial charge is 0.222 e. The predicted molar refractivity (Wildman–Crippen MR) is 85.6 cm³/mol. The quantitative estimate of drug-likeness (QED) is 0.678. The van der Waals surface area contributed by atoms with Crippen LogP contribution < -0.4 is 0 Å². The van der Waals surface area contributed by atoms with Crippen molar-refractivity contribution in [2.75, 3.05) is 19.7 Å². The van der Waals surface area contributed by atoms with E-state index in [0.717, 1.165) is 19.5 Å². The molecule has 23 heavy (non-hydrogen) atoms. The highest BCUT2D eigenvalue weighted by Crippen LogP contribution is 2.55. The molecule has 1 amide bonds. The average molecular weight is 315 g/mol. The number of nitrogens with zero attached hydrogens (tertiary/aromatic N) is 3. The lowest BCUT2D eigenvalue weighted by Gasteiger charge is -2.44. The Hall–Kier alpha value is -1.41. The van der Waals surface area contributed by atoms with Crippen molar-refractivity contribution in [2.24, 2.45) is 22.1 Å². The summed E-state index contributed by atoms with van der Waals surface area (Å²) in [6, 6.07) is 0. The van der Waals surface area contributed by atoms with E-state index in [1.54, 1.807) is 0 Å². The summed E-state index contributed by atoms with van der Waals surface area (Å²) in [6.45, 7) is 2.22. The van der Waals surface area contributed by atoms with Gasteiger partial charge >= 0.3 is 0 Å². The van der Waals surface area contributed by atoms with Gasteiger partial charge in [-0.25, -0.2) is 0 Å². The van der Waals surface area contributed by atoms with Gasteiger partial charge in [-0.2, -0.15) is 10.2 Å². The van der Waals surface area contributed by atoms with Crippen LogP contribution in [0.25, 0.3) is 0 Å². The van der Waals surface area contributed by atoms with E-state index < -0.39 is 0 Å². The molecule has 124 valence electrons. The number of rotatable bonds is 7. The van der Waals surface area contributed by atoms with E-state index in [0.29, 0.717) is 37.7 Å². The van der Waals surface area contributed by atoms with Crippen LogP contribution in [0.4, 0.5) is 0 Å². The Morgan fingerprint density at radius 3 is 2.48 bits per heavy atom. The lowest BCUT2D eigenvalue weighted by molar-refractivity contribution is -0.160. The number of terminal acetylenes is 1. The van der Waals surface area contributed by atoms with Crippen molar-refractivity contribution in [3.8, 4) is 12.3 Å². The Morgan fingerprint density at radius 1 is 1.22 bits per heavy atom. The SMILES string of the molecule is C#CCCC1(CCC(=O)N2CCOC(C3CC3)(C3CC3)C2)N=N1. The molecule has 0 atom stereocenters. The summed E-state index contributed by atoms with van der Waals surface area (Å²) in [7, 11) is 0. The number of ether oxygens (including phenoxy) is 1. The second-order valence-electron chi connectivity index (χ2n) is 7.55. The van der Waals surface area contributed by atoms with Gasteiger partial charge in [0.25, 0.3) is 0 Å². The molecule has 0 bridgehead atoms. The van der Waals surface area contributed by atoms with Gasteiger partial charge in [-0.1, -0.05) is 0 Å². The molecule has 0 aromatic heterocycles. The van der Waals surface area contributed by atoms with Crippen molar-refractivity contribution in [3.63, 3.8) is 0 Å². The molecule has 2 aliphatic heterocycles. The van der Waals surface area contributed by atoms with E-state index in [9.17, 15) is 4.79 Å². The molecule has 0 aromatic carbocycles. The maximum atomic E-state index is 12.7. The maximum Gasteiger partial charge on any atom is 0.222 e. The zero-order chi connectivity index (χ0) is 15.9. The Morgan fingerprint density at radius 2 is 1.91 bits per heavy atom. The Balaban J connectivity index is 1.33. The van der Waals surface area contributed by atoms with E-state index >= 15 is 0 Å². The minimum Gasteiger partial charge on any atom is -0.371 e. The number of carbonyl (C=O) groups is 1. The van der Waals surface area contributed by atoms with Crippen LogP contribution in [-0.4, -0.2) is 41.8 Å². The minimum absolute atomic E-state index is 0.0244. The third-order valence-electron chi connectivity index (χ3n) is 5.85. The summed E-state index contributed by atoms with van der Waals surface area (Å²) in [5, 5.41) is 8.26. The van der Waals surface area contributed by atoms with Gasteiger partial charge in [0.1, 0.15) is 0 Å². The second kappa shape index (κ2) is 5.59. The molecule has 0 unspecified atom stereocenters. The highest BCUT2D eigenvalue weighted by molar-refractivity contribution is 5.76. The summed E-state index contributed by atoms with van der Waals surface area (Å²) in [5.41, 5.74) is -0.373. The van der Waals surface area contributed by atoms with Gasteiger partial charge in [-0.3, -0.25) is 4.79 Å². The van der Waals surface area contributed by atoms with Crippen molar-refractivity contribution in [1.29, 1.82) is 0 Å². The molecule has 2 heterocycles. The maximum absolute atomic E-state index is 12.7. The zero-order valence-corrected chi connectivity index (χ0v) is 13.7. The first-order chi connectivity index (χ1) is 11.2. The molecule has 5 heteroatoms. The Kier molecular flexibility index (Phi) is 3.68. The van der Waals surface area contributed by atoms with Crippen molar-refractivity contribution in [2.45, 2.75) is 62.6 Å². The van der Waals surface area contributed by atoms with E-state index in [1.165, 1.54) is 25.7 Å². The first kappa shape index (κ1) is 15.1. The molecule has 4 aliphatic rings. The average Bonchev–Trinajstić information content (AvgIpc) is 3.41. The van der Waals surface area contributed by atoms with Crippen LogP contribution in [0.3, 0.4) is 0 Å². The zero-order valence-electron chi connectivity index (χ0n) is 13.7. The third kappa shape index (κ3) is 3.01. The van der Waals surface area contributed by atoms with E-state index in [2.05, 4.69) is 16.1 Å². The molecule has 2 aliphatic carbocycles. The monoisotopic (exact) mass is 315 g/mol. The fraction of sp³-hybridized carbons (Fsp3) is 0.833. The van der Waals surface area contributed by atoms with Gasteiger partial charge in [-0.15, -0.1) is 12.3 Å². The van der Waals surface area contributed by atoms with Crippen LogP contribution >= 0.6 is 0 Å². The standard InChI is InChI=1S/C18H25N3O2/c1-2-3-9-17(19-20-17)10-8-16(22)21-11-12-23-18(13-21,14-4-5-14)15-6-7-15/h1,14-15H,3-13H2. The van der Waals surface area contributed by atoms with Crippen LogP contribution in [0.5, 0.6) is 0 Å². The number of hydrogen-bond donors (Lipinski definition) is 0. The molecular weight excluding hydrogens is 290 g/mol. The van der Waals surface area contributed by atoms with Gasteiger partial charge in [0.2, 0.25) is 5.91 Å². The molecule has 0 aromatic rings. The van der Waals surface area contributed by atoms with Crippen LogP contribution in [-0.2, 0) is 9.53 Å². The number of amides is 1. The molecule has 0 N–H and O–H groups in total. The highest BCUT2D eigenvalue weighted by atomic mass is 16.5. The summed E-state index contributed by atoms with van der Waals surface area (Å²) in [6.07, 6.45) is 13.0. The van der Waals surface area contributed by atoms with Crippen molar-refractivity contribution in [1.82, 2.24) is 4.90 Å². The number of morpholine rings is 1.